The van der Waals surface area contributed by atoms with E-state index in [2.05, 4.69) is 0 Å². The molecule has 0 bridgehead atoms. The number of piperidine rings is 1. The van der Waals surface area contributed by atoms with Gasteiger partial charge in [-0.1, -0.05) is 19.1 Å². The van der Waals surface area contributed by atoms with E-state index in [1.165, 1.54) is 0 Å². The predicted octanol–water partition coefficient (Wildman–Crippen LogP) is 1.37. The maximum atomic E-state index is 12.1. The van der Waals surface area contributed by atoms with Crippen molar-refractivity contribution < 1.29 is 14.7 Å². The summed E-state index contributed by atoms with van der Waals surface area (Å²) in [6, 6.07) is 6.71. The van der Waals surface area contributed by atoms with Crippen molar-refractivity contribution in [3.63, 3.8) is 0 Å². The lowest BCUT2D eigenvalue weighted by molar-refractivity contribution is -0.136. The van der Waals surface area contributed by atoms with Gasteiger partial charge in [-0.15, -0.1) is 0 Å². The maximum absolute atomic E-state index is 12.1. The number of carbonyl (C=O) groups is 2. The number of amides is 1. The number of ketones is 1. The average molecular weight is 247 g/mol. The molecule has 1 atom stereocenters. The van der Waals surface area contributed by atoms with Crippen LogP contribution in [0.5, 0.6) is 5.75 Å². The molecule has 4 heteroatoms. The van der Waals surface area contributed by atoms with Gasteiger partial charge in [0, 0.05) is 25.4 Å². The van der Waals surface area contributed by atoms with Crippen molar-refractivity contribution in [2.45, 2.75) is 19.8 Å². The molecule has 1 aliphatic rings. The third-order valence-electron chi connectivity index (χ3n) is 3.29. The number of benzene rings is 1. The van der Waals surface area contributed by atoms with Crippen LogP contribution in [-0.4, -0.2) is 34.8 Å². The third kappa shape index (κ3) is 2.88. The molecule has 0 aromatic heterocycles. The highest BCUT2D eigenvalue weighted by molar-refractivity contribution is 5.85. The molecule has 2 rings (SSSR count). The second-order valence-electron chi connectivity index (χ2n) is 4.80. The van der Waals surface area contributed by atoms with Crippen molar-refractivity contribution in [3.05, 3.63) is 29.8 Å². The fourth-order valence-corrected chi connectivity index (χ4v) is 2.19. The molecule has 1 unspecified atom stereocenters. The SMILES string of the molecule is CC1CN(C(=O)Cc2cccc(O)c2)CCC1=O. The first-order valence-electron chi connectivity index (χ1n) is 6.14. The fourth-order valence-electron chi connectivity index (χ4n) is 2.19. The second-order valence-corrected chi connectivity index (χ2v) is 4.80. The molecule has 18 heavy (non-hydrogen) atoms. The number of carbonyl (C=O) groups excluding carboxylic acids is 2. The summed E-state index contributed by atoms with van der Waals surface area (Å²) >= 11 is 0. The number of rotatable bonds is 2. The van der Waals surface area contributed by atoms with Crippen LogP contribution in [0.3, 0.4) is 0 Å². The van der Waals surface area contributed by atoms with E-state index < -0.39 is 0 Å². The number of likely N-dealkylation sites (tertiary alicyclic amines) is 1. The third-order valence-corrected chi connectivity index (χ3v) is 3.29. The minimum absolute atomic E-state index is 0.0138. The highest BCUT2D eigenvalue weighted by Crippen LogP contribution is 2.16. The largest absolute Gasteiger partial charge is 0.508 e. The van der Waals surface area contributed by atoms with Crippen LogP contribution in [0, 0.1) is 5.92 Å². The van der Waals surface area contributed by atoms with Crippen molar-refractivity contribution >= 4 is 11.7 Å². The predicted molar refractivity (Wildman–Crippen MR) is 67.2 cm³/mol. The molecule has 1 aromatic carbocycles. The summed E-state index contributed by atoms with van der Waals surface area (Å²) in [5.74, 6) is 0.353. The number of phenols is 1. The van der Waals surface area contributed by atoms with Crippen LogP contribution in [0.4, 0.5) is 0 Å². The Morgan fingerprint density at radius 2 is 2.28 bits per heavy atom. The Balaban J connectivity index is 1.98. The van der Waals surface area contributed by atoms with Gasteiger partial charge in [0.1, 0.15) is 11.5 Å². The monoisotopic (exact) mass is 247 g/mol. The number of hydrogen-bond acceptors (Lipinski definition) is 3. The highest BCUT2D eigenvalue weighted by atomic mass is 16.3. The van der Waals surface area contributed by atoms with Gasteiger partial charge in [-0.25, -0.2) is 0 Å². The maximum Gasteiger partial charge on any atom is 0.227 e. The number of Topliss-reactive ketones (excluding diaryl/α,β-unsaturated/α-hetero) is 1. The fraction of sp³-hybridized carbons (Fsp3) is 0.429. The lowest BCUT2D eigenvalue weighted by atomic mass is 9.98. The number of aromatic hydroxyl groups is 1. The van der Waals surface area contributed by atoms with E-state index in [1.54, 1.807) is 23.1 Å². The Morgan fingerprint density at radius 3 is 2.94 bits per heavy atom. The molecule has 0 spiro atoms. The lowest BCUT2D eigenvalue weighted by Crippen LogP contribution is -2.43. The van der Waals surface area contributed by atoms with Gasteiger partial charge in [0.05, 0.1) is 6.42 Å². The van der Waals surface area contributed by atoms with E-state index in [-0.39, 0.29) is 29.8 Å². The summed E-state index contributed by atoms with van der Waals surface area (Å²) in [6.07, 6.45) is 0.724. The van der Waals surface area contributed by atoms with Gasteiger partial charge < -0.3 is 10.0 Å². The van der Waals surface area contributed by atoms with Gasteiger partial charge in [0.25, 0.3) is 0 Å². The summed E-state index contributed by atoms with van der Waals surface area (Å²) in [7, 11) is 0. The Labute approximate surface area is 106 Å². The molecule has 96 valence electrons. The van der Waals surface area contributed by atoms with E-state index in [0.717, 1.165) is 5.56 Å². The van der Waals surface area contributed by atoms with E-state index in [9.17, 15) is 14.7 Å². The molecule has 0 aliphatic carbocycles. The van der Waals surface area contributed by atoms with Gasteiger partial charge in [0.2, 0.25) is 5.91 Å². The Morgan fingerprint density at radius 1 is 1.50 bits per heavy atom. The van der Waals surface area contributed by atoms with Crippen LogP contribution < -0.4 is 0 Å². The molecule has 1 N–H and O–H groups in total. The first-order chi connectivity index (χ1) is 8.56. The molecule has 1 fully saturated rings. The van der Waals surface area contributed by atoms with E-state index in [1.807, 2.05) is 13.0 Å². The smallest absolute Gasteiger partial charge is 0.227 e. The lowest BCUT2D eigenvalue weighted by Gasteiger charge is -2.30. The summed E-state index contributed by atoms with van der Waals surface area (Å²) in [4.78, 5) is 25.2. The number of hydrogen-bond donors (Lipinski definition) is 1. The molecule has 1 saturated heterocycles. The summed E-state index contributed by atoms with van der Waals surface area (Å²) in [5, 5.41) is 9.34. The van der Waals surface area contributed by atoms with Gasteiger partial charge in [-0.3, -0.25) is 9.59 Å². The van der Waals surface area contributed by atoms with Crippen LogP contribution in [0.1, 0.15) is 18.9 Å². The summed E-state index contributed by atoms with van der Waals surface area (Å²) in [6.45, 7) is 2.88. The minimum Gasteiger partial charge on any atom is -0.508 e. The molecule has 4 nitrogen and oxygen atoms in total. The van der Waals surface area contributed by atoms with E-state index in [0.29, 0.717) is 19.5 Å². The molecule has 0 radical (unpaired) electrons. The number of nitrogens with zero attached hydrogens (tertiary/aromatic N) is 1. The second kappa shape index (κ2) is 5.21. The van der Waals surface area contributed by atoms with Gasteiger partial charge in [-0.2, -0.15) is 0 Å². The Bertz CT molecular complexity index is 470. The van der Waals surface area contributed by atoms with Crippen molar-refractivity contribution in [1.29, 1.82) is 0 Å². The molecule has 1 aromatic rings. The minimum atomic E-state index is -0.0631. The zero-order chi connectivity index (χ0) is 13.1. The van der Waals surface area contributed by atoms with Crippen LogP contribution in [0.25, 0.3) is 0 Å². The zero-order valence-corrected chi connectivity index (χ0v) is 10.4. The van der Waals surface area contributed by atoms with Gasteiger partial charge in [0.15, 0.2) is 0 Å². The highest BCUT2D eigenvalue weighted by Gasteiger charge is 2.26. The quantitative estimate of drug-likeness (QED) is 0.858. The number of phenolic OH excluding ortho intramolecular Hbond substituents is 1. The van der Waals surface area contributed by atoms with E-state index >= 15 is 0 Å². The molecule has 1 aliphatic heterocycles. The molecule has 1 heterocycles. The molecule has 1 amide bonds. The van der Waals surface area contributed by atoms with Crippen LogP contribution >= 0.6 is 0 Å². The Kier molecular flexibility index (Phi) is 3.65. The first-order valence-corrected chi connectivity index (χ1v) is 6.14. The summed E-state index contributed by atoms with van der Waals surface area (Å²) in [5.41, 5.74) is 0.796. The van der Waals surface area contributed by atoms with Gasteiger partial charge in [-0.05, 0) is 17.7 Å². The van der Waals surface area contributed by atoms with Crippen LogP contribution in [-0.2, 0) is 16.0 Å². The Hall–Kier alpha value is -1.84. The van der Waals surface area contributed by atoms with Crippen LogP contribution in [0.2, 0.25) is 0 Å². The average Bonchev–Trinajstić information content (AvgIpc) is 2.32. The van der Waals surface area contributed by atoms with Crippen molar-refractivity contribution in [2.24, 2.45) is 5.92 Å². The van der Waals surface area contributed by atoms with Crippen molar-refractivity contribution in [2.75, 3.05) is 13.1 Å². The van der Waals surface area contributed by atoms with E-state index in [4.69, 9.17) is 0 Å². The van der Waals surface area contributed by atoms with Gasteiger partial charge >= 0.3 is 0 Å². The normalized spacial score (nSPS) is 19.9. The molecule has 0 saturated carbocycles. The van der Waals surface area contributed by atoms with Crippen molar-refractivity contribution in [1.82, 2.24) is 4.90 Å². The molecular weight excluding hydrogens is 230 g/mol. The van der Waals surface area contributed by atoms with Crippen LogP contribution in [0.15, 0.2) is 24.3 Å². The molecular formula is C14H17NO3. The summed E-state index contributed by atoms with van der Waals surface area (Å²) < 4.78 is 0. The zero-order valence-electron chi connectivity index (χ0n) is 10.4. The standard InChI is InChI=1S/C14H17NO3/c1-10-9-15(6-5-13(10)17)14(18)8-11-3-2-4-12(16)7-11/h2-4,7,10,16H,5-6,8-9H2,1H3. The first kappa shape index (κ1) is 12.6. The van der Waals surface area contributed by atoms with Crippen molar-refractivity contribution in [3.8, 4) is 5.75 Å². The topological polar surface area (TPSA) is 57.6 Å².